The van der Waals surface area contributed by atoms with Crippen LogP contribution in [0.4, 0.5) is 11.8 Å². The first-order valence-electron chi connectivity index (χ1n) is 13.0. The molecule has 3 atom stereocenters. The Bertz CT molecular complexity index is 1350. The second kappa shape index (κ2) is 10.2. The van der Waals surface area contributed by atoms with Gasteiger partial charge in [0.1, 0.15) is 26.2 Å². The van der Waals surface area contributed by atoms with Gasteiger partial charge in [0.2, 0.25) is 5.95 Å². The van der Waals surface area contributed by atoms with Crippen molar-refractivity contribution >= 4 is 43.2 Å². The summed E-state index contributed by atoms with van der Waals surface area (Å²) in [6.45, 7) is 6.37. The number of aryl methyl sites for hydroxylation is 2. The summed E-state index contributed by atoms with van der Waals surface area (Å²) in [6, 6.07) is 2.53. The van der Waals surface area contributed by atoms with E-state index in [4.69, 9.17) is 15.0 Å². The van der Waals surface area contributed by atoms with Crippen molar-refractivity contribution in [2.75, 3.05) is 22.6 Å². The van der Waals surface area contributed by atoms with Crippen LogP contribution in [0.1, 0.15) is 63.8 Å². The van der Waals surface area contributed by atoms with E-state index in [1.165, 1.54) is 19.1 Å². The lowest BCUT2D eigenvalue weighted by molar-refractivity contribution is 0.560. The summed E-state index contributed by atoms with van der Waals surface area (Å²) >= 11 is 1.65. The number of rotatable bonds is 10. The zero-order valence-corrected chi connectivity index (χ0v) is 23.2. The third-order valence-electron chi connectivity index (χ3n) is 7.28. The van der Waals surface area contributed by atoms with Gasteiger partial charge in [0.25, 0.3) is 0 Å². The van der Waals surface area contributed by atoms with Crippen molar-refractivity contribution in [1.29, 1.82) is 0 Å². The number of aromatic nitrogens is 4. The number of nitrogens with zero attached hydrogens (tertiary/aromatic N) is 4. The van der Waals surface area contributed by atoms with Crippen molar-refractivity contribution < 1.29 is 8.42 Å². The van der Waals surface area contributed by atoms with Crippen LogP contribution in [0, 0.1) is 18.8 Å². The Morgan fingerprint density at radius 2 is 1.97 bits per heavy atom. The van der Waals surface area contributed by atoms with Gasteiger partial charge in [0, 0.05) is 24.5 Å². The summed E-state index contributed by atoms with van der Waals surface area (Å²) in [6.07, 6.45) is 10.3. The molecule has 0 spiro atoms. The number of sulfone groups is 1. The summed E-state index contributed by atoms with van der Waals surface area (Å²) in [7, 11) is -2.99. The van der Waals surface area contributed by atoms with E-state index < -0.39 is 9.84 Å². The molecule has 3 aromatic heterocycles. The van der Waals surface area contributed by atoms with Gasteiger partial charge >= 0.3 is 0 Å². The molecule has 2 fully saturated rings. The lowest BCUT2D eigenvalue weighted by atomic mass is 10.1. The van der Waals surface area contributed by atoms with Crippen molar-refractivity contribution in [2.45, 2.75) is 77.8 Å². The highest BCUT2D eigenvalue weighted by Gasteiger charge is 2.31. The maximum atomic E-state index is 11.8. The van der Waals surface area contributed by atoms with Crippen LogP contribution in [0.2, 0.25) is 0 Å². The summed E-state index contributed by atoms with van der Waals surface area (Å²) in [5.74, 6) is 2.53. The number of pyridine rings is 1. The molecule has 3 heterocycles. The Labute approximate surface area is 217 Å². The van der Waals surface area contributed by atoms with E-state index in [2.05, 4.69) is 29.5 Å². The van der Waals surface area contributed by atoms with E-state index in [0.717, 1.165) is 70.1 Å². The number of anilines is 2. The average molecular weight is 529 g/mol. The fourth-order valence-electron chi connectivity index (χ4n) is 5.33. The minimum absolute atomic E-state index is 0.171. The quantitative estimate of drug-likeness (QED) is 0.367. The first kappa shape index (κ1) is 25.3. The summed E-state index contributed by atoms with van der Waals surface area (Å²) < 4.78 is 24.8. The Kier molecular flexibility index (Phi) is 7.18. The number of thiazole rings is 1. The molecule has 2 aliphatic carbocycles. The van der Waals surface area contributed by atoms with Gasteiger partial charge in [-0.15, -0.1) is 11.3 Å². The highest BCUT2D eigenvalue weighted by Crippen LogP contribution is 2.39. The van der Waals surface area contributed by atoms with Crippen LogP contribution >= 0.6 is 11.3 Å². The third-order valence-corrected chi connectivity index (χ3v) is 9.40. The molecule has 194 valence electrons. The SMILES string of the molecule is CCCc1nccc2sc(-c3c(C)nc(N[C@H](C)C4CC4)nc3N[C@H]3CC[C@@H](CS(C)(=O)=O)C3)nc12. The second-order valence-electron chi connectivity index (χ2n) is 10.6. The highest BCUT2D eigenvalue weighted by molar-refractivity contribution is 7.90. The molecule has 5 rings (SSSR count). The van der Waals surface area contributed by atoms with Gasteiger partial charge in [-0.25, -0.2) is 18.4 Å². The molecular weight excluding hydrogens is 492 g/mol. The van der Waals surface area contributed by atoms with E-state index >= 15 is 0 Å². The number of hydrogen-bond acceptors (Lipinski definition) is 9. The minimum Gasteiger partial charge on any atom is -0.367 e. The average Bonchev–Trinajstić information content (AvgIpc) is 3.43. The topological polar surface area (TPSA) is 110 Å². The molecule has 0 bridgehead atoms. The minimum atomic E-state index is -2.99. The molecule has 0 radical (unpaired) electrons. The van der Waals surface area contributed by atoms with Gasteiger partial charge in [0.05, 0.1) is 27.4 Å². The molecule has 0 saturated heterocycles. The highest BCUT2D eigenvalue weighted by atomic mass is 32.2. The first-order valence-corrected chi connectivity index (χ1v) is 15.9. The molecule has 2 saturated carbocycles. The summed E-state index contributed by atoms with van der Waals surface area (Å²) in [5.41, 5.74) is 3.80. The largest absolute Gasteiger partial charge is 0.367 e. The molecule has 10 heteroatoms. The Balaban J connectivity index is 1.49. The Morgan fingerprint density at radius 3 is 2.69 bits per heavy atom. The molecule has 0 aromatic carbocycles. The summed E-state index contributed by atoms with van der Waals surface area (Å²) in [4.78, 5) is 19.4. The predicted molar refractivity (Wildman–Crippen MR) is 147 cm³/mol. The first-order chi connectivity index (χ1) is 17.2. The molecule has 2 N–H and O–H groups in total. The van der Waals surface area contributed by atoms with Crippen LogP contribution < -0.4 is 10.6 Å². The van der Waals surface area contributed by atoms with Gasteiger partial charge in [-0.2, -0.15) is 4.98 Å². The van der Waals surface area contributed by atoms with E-state index in [0.29, 0.717) is 17.9 Å². The number of hydrogen-bond donors (Lipinski definition) is 2. The standard InChI is InChI=1S/C26H36N6O2S2/c1-5-6-20-23-21(11-12-27-20)35-25(31-23)22-16(3)29-26(28-15(2)18-8-9-18)32-24(22)30-19-10-7-17(13-19)14-36(4,33)34/h11-12,15,17-19H,5-10,13-14H2,1-4H3,(H2,28,29,30,32)/t15-,17-,19+/m1/s1. The van der Waals surface area contributed by atoms with Crippen molar-refractivity contribution in [2.24, 2.45) is 11.8 Å². The van der Waals surface area contributed by atoms with E-state index in [-0.39, 0.29) is 17.7 Å². The fourth-order valence-corrected chi connectivity index (χ4v) is 7.57. The van der Waals surface area contributed by atoms with Gasteiger partial charge in [0.15, 0.2) is 0 Å². The van der Waals surface area contributed by atoms with Crippen LogP contribution in [0.25, 0.3) is 20.8 Å². The van der Waals surface area contributed by atoms with E-state index in [9.17, 15) is 8.42 Å². The van der Waals surface area contributed by atoms with E-state index in [1.54, 1.807) is 11.3 Å². The summed E-state index contributed by atoms with van der Waals surface area (Å²) in [5, 5.41) is 8.08. The van der Waals surface area contributed by atoms with Crippen LogP contribution in [0.5, 0.6) is 0 Å². The van der Waals surface area contributed by atoms with Gasteiger partial charge in [-0.05, 0) is 70.3 Å². The maximum Gasteiger partial charge on any atom is 0.225 e. The van der Waals surface area contributed by atoms with Crippen LogP contribution in [0.15, 0.2) is 12.3 Å². The Morgan fingerprint density at radius 1 is 1.17 bits per heavy atom. The number of nitrogens with one attached hydrogen (secondary N) is 2. The van der Waals surface area contributed by atoms with Crippen LogP contribution in [-0.4, -0.2) is 52.4 Å². The van der Waals surface area contributed by atoms with Gasteiger partial charge in [-0.3, -0.25) is 4.98 Å². The lowest BCUT2D eigenvalue weighted by Crippen LogP contribution is -2.22. The molecule has 2 aliphatic rings. The smallest absolute Gasteiger partial charge is 0.225 e. The zero-order chi connectivity index (χ0) is 25.4. The molecule has 8 nitrogen and oxygen atoms in total. The van der Waals surface area contributed by atoms with Gasteiger partial charge in [-0.1, -0.05) is 13.3 Å². The molecule has 36 heavy (non-hydrogen) atoms. The molecule has 0 amide bonds. The molecule has 3 aromatic rings. The molecule has 0 aliphatic heterocycles. The van der Waals surface area contributed by atoms with Crippen LogP contribution in [-0.2, 0) is 16.3 Å². The van der Waals surface area contributed by atoms with Gasteiger partial charge < -0.3 is 10.6 Å². The molecule has 0 unspecified atom stereocenters. The van der Waals surface area contributed by atoms with Crippen molar-refractivity contribution in [3.63, 3.8) is 0 Å². The zero-order valence-electron chi connectivity index (χ0n) is 21.5. The number of fused-ring (bicyclic) bond motifs is 1. The van der Waals surface area contributed by atoms with Crippen LogP contribution in [0.3, 0.4) is 0 Å². The van der Waals surface area contributed by atoms with E-state index in [1.807, 2.05) is 19.2 Å². The lowest BCUT2D eigenvalue weighted by Gasteiger charge is -2.20. The van der Waals surface area contributed by atoms with Crippen molar-refractivity contribution in [1.82, 2.24) is 19.9 Å². The monoisotopic (exact) mass is 528 g/mol. The second-order valence-corrected chi connectivity index (χ2v) is 13.8. The van der Waals surface area contributed by atoms with Crippen molar-refractivity contribution in [3.8, 4) is 10.6 Å². The third kappa shape index (κ3) is 5.80. The Hall–Kier alpha value is -2.33. The fraction of sp³-hybridized carbons (Fsp3) is 0.615. The molecular formula is C26H36N6O2S2. The normalized spacial score (nSPS) is 21.1. The maximum absolute atomic E-state index is 11.8. The predicted octanol–water partition coefficient (Wildman–Crippen LogP) is 5.24. The van der Waals surface area contributed by atoms with Crippen molar-refractivity contribution in [3.05, 3.63) is 23.7 Å².